The van der Waals surface area contributed by atoms with Gasteiger partial charge < -0.3 is 14.5 Å². The topological polar surface area (TPSA) is 47.3 Å². The van der Waals surface area contributed by atoms with Crippen LogP contribution in [0.2, 0.25) is 10.0 Å². The Hall–Kier alpha value is -0.810. The van der Waals surface area contributed by atoms with Crippen molar-refractivity contribution in [2.75, 3.05) is 13.1 Å². The second-order valence-corrected chi connectivity index (χ2v) is 5.45. The molecule has 1 aliphatic rings. The molecule has 1 aromatic heterocycles. The number of benzene rings is 1. The van der Waals surface area contributed by atoms with Crippen LogP contribution in [-0.4, -0.2) is 24.2 Å². The molecule has 0 aliphatic carbocycles. The van der Waals surface area contributed by atoms with Crippen molar-refractivity contribution in [3.63, 3.8) is 0 Å². The number of hydrogen-bond acceptors (Lipinski definition) is 4. The van der Waals surface area contributed by atoms with Crippen LogP contribution in [0.3, 0.4) is 0 Å². The third-order valence-corrected chi connectivity index (χ3v) is 3.68. The zero-order valence-corrected chi connectivity index (χ0v) is 11.8. The lowest BCUT2D eigenvalue weighted by Gasteiger charge is -2.22. The summed E-state index contributed by atoms with van der Waals surface area (Å²) >= 11 is 12.0. The fraction of sp³-hybridized carbons (Fsp3) is 0.462. The van der Waals surface area contributed by atoms with Crippen molar-refractivity contribution in [1.29, 1.82) is 0 Å². The van der Waals surface area contributed by atoms with E-state index in [-0.39, 0.29) is 6.10 Å². The third kappa shape index (κ3) is 3.03. The smallest absolute Gasteiger partial charge is 0.221 e. The van der Waals surface area contributed by atoms with Gasteiger partial charge in [-0.15, -0.1) is 0 Å². The van der Waals surface area contributed by atoms with Gasteiger partial charge in [-0.3, -0.25) is 0 Å². The molecule has 0 unspecified atom stereocenters. The molecule has 1 N–H and O–H groups in total. The number of halogens is 2. The maximum atomic E-state index is 6.06. The van der Waals surface area contributed by atoms with Gasteiger partial charge in [-0.2, -0.15) is 0 Å². The number of aromatic nitrogens is 1. The fourth-order valence-electron chi connectivity index (χ4n) is 2.22. The van der Waals surface area contributed by atoms with E-state index in [1.165, 1.54) is 0 Å². The average Bonchev–Trinajstić information content (AvgIpc) is 2.81. The fourth-order valence-corrected chi connectivity index (χ4v) is 2.74. The van der Waals surface area contributed by atoms with Crippen molar-refractivity contribution >= 4 is 34.3 Å². The molecule has 0 atom stereocenters. The summed E-state index contributed by atoms with van der Waals surface area (Å²) in [5.74, 6) is 0.540. The molecule has 0 spiro atoms. The first-order chi connectivity index (χ1) is 9.22. The lowest BCUT2D eigenvalue weighted by atomic mass is 10.1. The largest absolute Gasteiger partial charge is 0.437 e. The third-order valence-electron chi connectivity index (χ3n) is 3.18. The van der Waals surface area contributed by atoms with Gasteiger partial charge in [0, 0.05) is 5.02 Å². The highest BCUT2D eigenvalue weighted by atomic mass is 35.5. The van der Waals surface area contributed by atoms with Crippen LogP contribution in [0.1, 0.15) is 18.7 Å². The van der Waals surface area contributed by atoms with Crippen LogP contribution >= 0.6 is 23.2 Å². The van der Waals surface area contributed by atoms with E-state index in [2.05, 4.69) is 10.3 Å². The summed E-state index contributed by atoms with van der Waals surface area (Å²) in [6.45, 7) is 2.37. The highest BCUT2D eigenvalue weighted by Gasteiger charge is 2.16. The second kappa shape index (κ2) is 5.67. The molecule has 19 heavy (non-hydrogen) atoms. The Morgan fingerprint density at radius 1 is 1.32 bits per heavy atom. The monoisotopic (exact) mass is 300 g/mol. The molecule has 1 saturated heterocycles. The normalized spacial score (nSPS) is 17.2. The summed E-state index contributed by atoms with van der Waals surface area (Å²) in [6, 6.07) is 3.38. The number of oxazole rings is 1. The molecule has 1 aliphatic heterocycles. The summed E-state index contributed by atoms with van der Waals surface area (Å²) in [4.78, 5) is 4.34. The first-order valence-corrected chi connectivity index (χ1v) is 7.05. The van der Waals surface area contributed by atoms with Crippen molar-refractivity contribution in [1.82, 2.24) is 10.3 Å². The van der Waals surface area contributed by atoms with Crippen molar-refractivity contribution in [3.05, 3.63) is 28.1 Å². The van der Waals surface area contributed by atoms with E-state index in [1.54, 1.807) is 12.1 Å². The van der Waals surface area contributed by atoms with E-state index in [4.69, 9.17) is 32.4 Å². The van der Waals surface area contributed by atoms with E-state index in [0.717, 1.165) is 25.9 Å². The maximum absolute atomic E-state index is 6.06. The van der Waals surface area contributed by atoms with Crippen LogP contribution in [0.4, 0.5) is 0 Å². The van der Waals surface area contributed by atoms with Crippen LogP contribution in [0.5, 0.6) is 0 Å². The van der Waals surface area contributed by atoms with Gasteiger partial charge in [0.1, 0.15) is 12.1 Å². The Kier molecular flexibility index (Phi) is 3.93. The minimum absolute atomic E-state index is 0.273. The van der Waals surface area contributed by atoms with Crippen molar-refractivity contribution in [2.45, 2.75) is 25.6 Å². The van der Waals surface area contributed by atoms with Crippen LogP contribution in [0.15, 0.2) is 16.5 Å². The van der Waals surface area contributed by atoms with Crippen molar-refractivity contribution in [3.8, 4) is 0 Å². The van der Waals surface area contributed by atoms with E-state index in [0.29, 0.717) is 33.6 Å². The molecule has 1 fully saturated rings. The summed E-state index contributed by atoms with van der Waals surface area (Å²) in [6.07, 6.45) is 2.31. The number of ether oxygens (including phenoxy) is 1. The number of nitrogens with zero attached hydrogens (tertiary/aromatic N) is 1. The van der Waals surface area contributed by atoms with Gasteiger partial charge in [0.2, 0.25) is 5.89 Å². The quantitative estimate of drug-likeness (QED) is 0.944. The lowest BCUT2D eigenvalue weighted by Crippen LogP contribution is -2.32. The molecule has 0 radical (unpaired) electrons. The minimum Gasteiger partial charge on any atom is -0.437 e. The van der Waals surface area contributed by atoms with Gasteiger partial charge in [0.15, 0.2) is 5.58 Å². The van der Waals surface area contributed by atoms with Gasteiger partial charge in [0.05, 0.1) is 11.1 Å². The van der Waals surface area contributed by atoms with Gasteiger partial charge in [0.25, 0.3) is 0 Å². The summed E-state index contributed by atoms with van der Waals surface area (Å²) in [7, 11) is 0. The van der Waals surface area contributed by atoms with Gasteiger partial charge >= 0.3 is 0 Å². The number of fused-ring (bicyclic) bond motifs is 1. The molecule has 4 nitrogen and oxygen atoms in total. The van der Waals surface area contributed by atoms with Crippen LogP contribution in [0, 0.1) is 0 Å². The van der Waals surface area contributed by atoms with E-state index < -0.39 is 0 Å². The van der Waals surface area contributed by atoms with Crippen molar-refractivity contribution < 1.29 is 9.15 Å². The van der Waals surface area contributed by atoms with E-state index in [1.807, 2.05) is 0 Å². The first kappa shape index (κ1) is 13.2. The van der Waals surface area contributed by atoms with E-state index in [9.17, 15) is 0 Å². The average molecular weight is 301 g/mol. The van der Waals surface area contributed by atoms with E-state index >= 15 is 0 Å². The number of hydrogen-bond donors (Lipinski definition) is 1. The molecular weight excluding hydrogens is 287 g/mol. The molecule has 0 saturated carbocycles. The molecule has 2 heterocycles. The summed E-state index contributed by atoms with van der Waals surface area (Å²) < 4.78 is 11.4. The zero-order valence-electron chi connectivity index (χ0n) is 10.3. The maximum Gasteiger partial charge on any atom is 0.221 e. The standard InChI is InChI=1S/C13H14Cl2N2O2/c14-8-5-10(15)13-11(6-8)17-12(19-13)7-18-9-1-3-16-4-2-9/h5-6,9,16H,1-4,7H2. The first-order valence-electron chi connectivity index (χ1n) is 6.29. The predicted octanol–water partition coefficient (Wildman–Crippen LogP) is 3.40. The Bertz CT molecular complexity index is 579. The molecule has 3 rings (SSSR count). The summed E-state index contributed by atoms with van der Waals surface area (Å²) in [5.41, 5.74) is 1.23. The molecular formula is C13H14Cl2N2O2. The van der Waals surface area contributed by atoms with Gasteiger partial charge in [-0.05, 0) is 38.1 Å². The van der Waals surface area contributed by atoms with Gasteiger partial charge in [-0.1, -0.05) is 23.2 Å². The minimum atomic E-state index is 0.273. The van der Waals surface area contributed by atoms with Gasteiger partial charge in [-0.25, -0.2) is 4.98 Å². The highest BCUT2D eigenvalue weighted by molar-refractivity contribution is 6.37. The predicted molar refractivity (Wildman–Crippen MR) is 74.7 cm³/mol. The zero-order chi connectivity index (χ0) is 13.2. The van der Waals surface area contributed by atoms with Crippen LogP contribution in [-0.2, 0) is 11.3 Å². The second-order valence-electron chi connectivity index (χ2n) is 4.60. The molecule has 0 amide bonds. The summed E-state index contributed by atoms with van der Waals surface area (Å²) in [5, 5.41) is 4.32. The van der Waals surface area contributed by atoms with Crippen LogP contribution < -0.4 is 5.32 Å². The highest BCUT2D eigenvalue weighted by Crippen LogP contribution is 2.28. The molecule has 0 bridgehead atoms. The lowest BCUT2D eigenvalue weighted by molar-refractivity contribution is 0.0113. The Morgan fingerprint density at radius 3 is 2.89 bits per heavy atom. The molecule has 6 heteroatoms. The number of piperidine rings is 1. The molecule has 2 aromatic rings. The van der Waals surface area contributed by atoms with Crippen molar-refractivity contribution in [2.24, 2.45) is 0 Å². The molecule has 102 valence electrons. The van der Waals surface area contributed by atoms with Crippen LogP contribution in [0.25, 0.3) is 11.1 Å². The Labute approximate surface area is 121 Å². The molecule has 1 aromatic carbocycles. The Morgan fingerprint density at radius 2 is 2.11 bits per heavy atom. The number of rotatable bonds is 3. The number of nitrogens with one attached hydrogen (secondary N) is 1. The Balaban J connectivity index is 1.72. The SMILES string of the molecule is Clc1cc(Cl)c2oc(COC3CCNCC3)nc2c1.